The van der Waals surface area contributed by atoms with Crippen molar-refractivity contribution >= 4 is 17.3 Å². The minimum atomic E-state index is -1.45. The molecule has 1 saturated heterocycles. The van der Waals surface area contributed by atoms with Crippen molar-refractivity contribution in [2.75, 3.05) is 18.4 Å². The molecule has 2 N–H and O–H groups in total. The maximum atomic E-state index is 13.6. The first kappa shape index (κ1) is 14.1. The van der Waals surface area contributed by atoms with Gasteiger partial charge in [0.2, 0.25) is 0 Å². The molecule has 106 valence electrons. The summed E-state index contributed by atoms with van der Waals surface area (Å²) in [7, 11) is 0. The zero-order valence-corrected chi connectivity index (χ0v) is 10.5. The summed E-state index contributed by atoms with van der Waals surface area (Å²) in [5, 5.41) is 15.8. The third-order valence-corrected chi connectivity index (χ3v) is 3.06. The van der Waals surface area contributed by atoms with Crippen LogP contribution in [0.4, 0.5) is 20.2 Å². The van der Waals surface area contributed by atoms with Crippen molar-refractivity contribution in [1.29, 1.82) is 0 Å². The summed E-state index contributed by atoms with van der Waals surface area (Å²) in [6.07, 6.45) is 0. The number of nitrogens with zero attached hydrogens (tertiary/aromatic N) is 1. The molecule has 0 atom stereocenters. The minimum Gasteiger partial charge on any atom is -0.314 e. The number of carbonyl (C=O) groups is 1. The van der Waals surface area contributed by atoms with Crippen molar-refractivity contribution in [1.82, 2.24) is 5.32 Å². The van der Waals surface area contributed by atoms with Gasteiger partial charge in [-0.2, -0.15) is 0 Å². The number of carbonyl (C=O) groups excluding carboxylic acids is 1. The van der Waals surface area contributed by atoms with E-state index in [0.29, 0.717) is 24.7 Å². The van der Waals surface area contributed by atoms with Gasteiger partial charge >= 0.3 is 0 Å². The third kappa shape index (κ3) is 2.50. The average molecular weight is 283 g/mol. The first-order valence-electron chi connectivity index (χ1n) is 5.75. The number of hydrogen-bond acceptors (Lipinski definition) is 4. The molecule has 0 unspecified atom stereocenters. The Hall–Kier alpha value is -2.35. The smallest absolute Gasteiger partial charge is 0.296 e. The van der Waals surface area contributed by atoms with Gasteiger partial charge in [0.25, 0.3) is 11.6 Å². The van der Waals surface area contributed by atoms with Gasteiger partial charge in [-0.1, -0.05) is 0 Å². The molecule has 0 bridgehead atoms. The molecule has 0 radical (unpaired) electrons. The topological polar surface area (TPSA) is 84.3 Å². The van der Waals surface area contributed by atoms with Crippen LogP contribution in [0, 0.1) is 21.7 Å². The molecule has 0 spiro atoms. The van der Waals surface area contributed by atoms with E-state index in [9.17, 15) is 23.7 Å². The zero-order valence-electron chi connectivity index (χ0n) is 10.5. The Morgan fingerprint density at radius 1 is 1.40 bits per heavy atom. The fraction of sp³-hybridized carbons (Fsp3) is 0.250. The van der Waals surface area contributed by atoms with Crippen molar-refractivity contribution in [3.05, 3.63) is 45.0 Å². The lowest BCUT2D eigenvalue weighted by Gasteiger charge is -2.21. The first-order valence-corrected chi connectivity index (χ1v) is 5.75. The molecule has 1 aliphatic rings. The van der Waals surface area contributed by atoms with E-state index in [4.69, 9.17) is 0 Å². The van der Waals surface area contributed by atoms with Crippen molar-refractivity contribution in [3.63, 3.8) is 0 Å². The molecule has 6 nitrogen and oxygen atoms in total. The molecule has 8 heteroatoms. The molecular formula is C12H11F2N3O3. The SMILES string of the molecule is CC(C(=O)Nc1c([N+](=O)[O-])ccc(F)c1F)=C1CNC1. The Morgan fingerprint density at radius 3 is 2.55 bits per heavy atom. The first-order chi connectivity index (χ1) is 9.41. The third-order valence-electron chi connectivity index (χ3n) is 3.06. The molecule has 1 aliphatic heterocycles. The van der Waals surface area contributed by atoms with E-state index in [1.807, 2.05) is 0 Å². The molecule has 1 aromatic rings. The summed E-state index contributed by atoms with van der Waals surface area (Å²) in [6, 6.07) is 1.45. The predicted molar refractivity (Wildman–Crippen MR) is 67.2 cm³/mol. The van der Waals surface area contributed by atoms with Crippen LogP contribution in [-0.4, -0.2) is 23.9 Å². The van der Waals surface area contributed by atoms with Crippen molar-refractivity contribution in [3.8, 4) is 0 Å². The molecule has 1 heterocycles. The highest BCUT2D eigenvalue weighted by Gasteiger charge is 2.25. The monoisotopic (exact) mass is 283 g/mol. The summed E-state index contributed by atoms with van der Waals surface area (Å²) in [5.41, 5.74) is -0.294. The number of nitro benzene ring substituents is 1. The fourth-order valence-corrected chi connectivity index (χ4v) is 1.69. The molecule has 1 fully saturated rings. The lowest BCUT2D eigenvalue weighted by molar-refractivity contribution is -0.384. The predicted octanol–water partition coefficient (Wildman–Crippen LogP) is 1.73. The van der Waals surface area contributed by atoms with Gasteiger partial charge in [0.1, 0.15) is 0 Å². The highest BCUT2D eigenvalue weighted by atomic mass is 19.2. The Bertz CT molecular complexity index is 623. The van der Waals surface area contributed by atoms with Gasteiger partial charge < -0.3 is 10.6 Å². The Labute approximate surface area is 112 Å². The standard InChI is InChI=1S/C12H11F2N3O3/c1-6(7-4-15-5-7)12(18)16-11-9(17(19)20)3-2-8(13)10(11)14/h2-3,15H,4-5H2,1H3,(H,16,18). The second-order valence-corrected chi connectivity index (χ2v) is 4.30. The summed E-state index contributed by atoms with van der Waals surface area (Å²) in [6.45, 7) is 2.59. The second-order valence-electron chi connectivity index (χ2n) is 4.30. The van der Waals surface area contributed by atoms with E-state index in [2.05, 4.69) is 10.6 Å². The Morgan fingerprint density at radius 2 is 2.05 bits per heavy atom. The number of rotatable bonds is 3. The van der Waals surface area contributed by atoms with Gasteiger partial charge in [0.15, 0.2) is 17.3 Å². The number of hydrogen-bond donors (Lipinski definition) is 2. The summed E-state index contributed by atoms with van der Waals surface area (Å²) in [5.74, 6) is -3.40. The number of nitro groups is 1. The van der Waals surface area contributed by atoms with Crippen molar-refractivity contribution in [2.45, 2.75) is 6.92 Å². The van der Waals surface area contributed by atoms with Crippen LogP contribution in [0.1, 0.15) is 6.92 Å². The van der Waals surface area contributed by atoms with Crippen LogP contribution in [0.25, 0.3) is 0 Å². The lowest BCUT2D eigenvalue weighted by Crippen LogP contribution is -2.36. The number of benzene rings is 1. The summed E-state index contributed by atoms with van der Waals surface area (Å²) in [4.78, 5) is 21.8. The van der Waals surface area contributed by atoms with Crippen LogP contribution in [0.3, 0.4) is 0 Å². The van der Waals surface area contributed by atoms with Crippen LogP contribution in [-0.2, 0) is 4.79 Å². The van der Waals surface area contributed by atoms with Crippen LogP contribution in [0.15, 0.2) is 23.3 Å². The van der Waals surface area contributed by atoms with E-state index in [-0.39, 0.29) is 0 Å². The largest absolute Gasteiger partial charge is 0.314 e. The van der Waals surface area contributed by atoms with Gasteiger partial charge in [0.05, 0.1) is 4.92 Å². The molecule has 0 aliphatic carbocycles. The van der Waals surface area contributed by atoms with Crippen LogP contribution >= 0.6 is 0 Å². The highest BCUT2D eigenvalue weighted by Crippen LogP contribution is 2.29. The van der Waals surface area contributed by atoms with Gasteiger partial charge in [-0.3, -0.25) is 14.9 Å². The normalized spacial score (nSPS) is 13.7. The van der Waals surface area contributed by atoms with Crippen molar-refractivity contribution < 1.29 is 18.5 Å². The number of nitrogens with one attached hydrogen (secondary N) is 2. The van der Waals surface area contributed by atoms with Crippen LogP contribution in [0.2, 0.25) is 0 Å². The number of halogens is 2. The fourth-order valence-electron chi connectivity index (χ4n) is 1.69. The van der Waals surface area contributed by atoms with Gasteiger partial charge in [0, 0.05) is 24.7 Å². The molecule has 0 aromatic heterocycles. The molecule has 2 rings (SSSR count). The average Bonchev–Trinajstić information content (AvgIpc) is 2.32. The minimum absolute atomic E-state index is 0.335. The highest BCUT2D eigenvalue weighted by molar-refractivity contribution is 6.05. The van der Waals surface area contributed by atoms with Gasteiger partial charge in [-0.05, 0) is 18.6 Å². The molecule has 1 aromatic carbocycles. The van der Waals surface area contributed by atoms with E-state index in [1.54, 1.807) is 0 Å². The summed E-state index contributed by atoms with van der Waals surface area (Å²) >= 11 is 0. The molecule has 20 heavy (non-hydrogen) atoms. The second kappa shape index (κ2) is 5.33. The molecule has 0 saturated carbocycles. The van der Waals surface area contributed by atoms with Gasteiger partial charge in [-0.15, -0.1) is 0 Å². The summed E-state index contributed by atoms with van der Waals surface area (Å²) < 4.78 is 26.8. The van der Waals surface area contributed by atoms with Crippen molar-refractivity contribution in [2.24, 2.45) is 0 Å². The van der Waals surface area contributed by atoms with Crippen LogP contribution in [0.5, 0.6) is 0 Å². The maximum Gasteiger partial charge on any atom is 0.296 e. The maximum absolute atomic E-state index is 13.6. The quantitative estimate of drug-likeness (QED) is 0.502. The van der Waals surface area contributed by atoms with Gasteiger partial charge in [-0.25, -0.2) is 8.78 Å². The van der Waals surface area contributed by atoms with E-state index in [1.165, 1.54) is 6.92 Å². The van der Waals surface area contributed by atoms with E-state index in [0.717, 1.165) is 11.6 Å². The molecule has 1 amide bonds. The lowest BCUT2D eigenvalue weighted by atomic mass is 10.0. The number of anilines is 1. The Kier molecular flexibility index (Phi) is 3.75. The number of amides is 1. The zero-order chi connectivity index (χ0) is 14.9. The van der Waals surface area contributed by atoms with Crippen LogP contribution < -0.4 is 10.6 Å². The van der Waals surface area contributed by atoms with E-state index >= 15 is 0 Å². The van der Waals surface area contributed by atoms with E-state index < -0.39 is 33.8 Å². The Balaban J connectivity index is 2.35. The molecular weight excluding hydrogens is 272 g/mol.